The highest BCUT2D eigenvalue weighted by Gasteiger charge is 2.32. The number of hydrogen-bond donors (Lipinski definition) is 1. The Hall–Kier alpha value is -1.77. The molecular formula is C17H21N3O3S2. The summed E-state index contributed by atoms with van der Waals surface area (Å²) in [6.45, 7) is 3.12. The Morgan fingerprint density at radius 2 is 1.92 bits per heavy atom. The van der Waals surface area contributed by atoms with Crippen molar-refractivity contribution in [1.29, 1.82) is 0 Å². The zero-order valence-electron chi connectivity index (χ0n) is 14.0. The van der Waals surface area contributed by atoms with Gasteiger partial charge in [0.2, 0.25) is 5.91 Å². The molecular weight excluding hydrogens is 358 g/mol. The Bertz CT molecular complexity index is 826. The van der Waals surface area contributed by atoms with Crippen molar-refractivity contribution in [2.75, 3.05) is 13.1 Å². The minimum atomic E-state index is -3.43. The lowest BCUT2D eigenvalue weighted by atomic mass is 9.97. The fourth-order valence-corrected chi connectivity index (χ4v) is 5.78. The maximum absolute atomic E-state index is 12.6. The number of thiophene rings is 1. The molecule has 1 fully saturated rings. The second-order valence-corrected chi connectivity index (χ2v) is 9.57. The lowest BCUT2D eigenvalue weighted by molar-refractivity contribution is -0.126. The molecule has 25 heavy (non-hydrogen) atoms. The van der Waals surface area contributed by atoms with Crippen LogP contribution in [0.1, 0.15) is 23.3 Å². The first-order chi connectivity index (χ1) is 12.0. The predicted octanol–water partition coefficient (Wildman–Crippen LogP) is 2.17. The van der Waals surface area contributed by atoms with Crippen LogP contribution in [0.25, 0.3) is 0 Å². The highest BCUT2D eigenvalue weighted by atomic mass is 32.2. The molecule has 0 atom stereocenters. The lowest BCUT2D eigenvalue weighted by Gasteiger charge is -2.30. The standard InChI is InChI=1S/C17H21N3O3S2/c1-13-2-3-16(24-13)25(22,23)20-10-6-15(7-11-20)17(21)19-12-14-4-8-18-9-5-14/h2-5,8-9,15H,6-7,10-12H2,1H3,(H,19,21). The second kappa shape index (κ2) is 7.63. The number of piperidine rings is 1. The van der Waals surface area contributed by atoms with Crippen LogP contribution in [0.4, 0.5) is 0 Å². The maximum Gasteiger partial charge on any atom is 0.252 e. The Balaban J connectivity index is 1.54. The zero-order valence-corrected chi connectivity index (χ0v) is 15.6. The molecule has 0 unspecified atom stereocenters. The van der Waals surface area contributed by atoms with Crippen LogP contribution in [-0.4, -0.2) is 36.7 Å². The van der Waals surface area contributed by atoms with Crippen molar-refractivity contribution in [3.63, 3.8) is 0 Å². The third kappa shape index (κ3) is 4.26. The van der Waals surface area contributed by atoms with E-state index in [1.165, 1.54) is 15.6 Å². The molecule has 1 amide bonds. The number of hydrogen-bond acceptors (Lipinski definition) is 5. The molecule has 0 aliphatic carbocycles. The molecule has 0 bridgehead atoms. The number of rotatable bonds is 5. The monoisotopic (exact) mass is 379 g/mol. The summed E-state index contributed by atoms with van der Waals surface area (Å²) in [4.78, 5) is 17.2. The predicted molar refractivity (Wildman–Crippen MR) is 96.6 cm³/mol. The summed E-state index contributed by atoms with van der Waals surface area (Å²) >= 11 is 1.29. The molecule has 0 radical (unpaired) electrons. The summed E-state index contributed by atoms with van der Waals surface area (Å²) in [6, 6.07) is 7.19. The molecule has 0 saturated carbocycles. The van der Waals surface area contributed by atoms with Crippen molar-refractivity contribution in [2.45, 2.75) is 30.5 Å². The van der Waals surface area contributed by atoms with Gasteiger partial charge in [0.1, 0.15) is 4.21 Å². The van der Waals surface area contributed by atoms with E-state index in [-0.39, 0.29) is 11.8 Å². The number of carbonyl (C=O) groups excluding carboxylic acids is 1. The largest absolute Gasteiger partial charge is 0.352 e. The van der Waals surface area contributed by atoms with Gasteiger partial charge in [0.25, 0.3) is 10.0 Å². The van der Waals surface area contributed by atoms with Crippen LogP contribution >= 0.6 is 11.3 Å². The van der Waals surface area contributed by atoms with E-state index in [0.29, 0.717) is 36.7 Å². The van der Waals surface area contributed by atoms with Crippen LogP contribution in [0.2, 0.25) is 0 Å². The van der Waals surface area contributed by atoms with Gasteiger partial charge in [0.05, 0.1) is 0 Å². The molecule has 134 valence electrons. The third-order valence-electron chi connectivity index (χ3n) is 4.35. The van der Waals surface area contributed by atoms with Gasteiger partial charge in [-0.2, -0.15) is 4.31 Å². The summed E-state index contributed by atoms with van der Waals surface area (Å²) in [5, 5.41) is 2.92. The first-order valence-corrected chi connectivity index (χ1v) is 10.5. The van der Waals surface area contributed by atoms with E-state index in [1.807, 2.05) is 25.1 Å². The number of nitrogens with zero attached hydrogens (tertiary/aromatic N) is 2. The summed E-state index contributed by atoms with van der Waals surface area (Å²) in [6.07, 6.45) is 4.48. The molecule has 0 aromatic carbocycles. The minimum absolute atomic E-state index is 0.0131. The van der Waals surface area contributed by atoms with Gasteiger partial charge in [-0.05, 0) is 49.6 Å². The van der Waals surface area contributed by atoms with Crippen molar-refractivity contribution < 1.29 is 13.2 Å². The Morgan fingerprint density at radius 3 is 2.52 bits per heavy atom. The van der Waals surface area contributed by atoms with Crippen LogP contribution in [0.15, 0.2) is 40.9 Å². The van der Waals surface area contributed by atoms with E-state index in [0.717, 1.165) is 10.4 Å². The molecule has 1 N–H and O–H groups in total. The van der Waals surface area contributed by atoms with Crippen molar-refractivity contribution >= 4 is 27.3 Å². The third-order valence-corrected chi connectivity index (χ3v) is 7.72. The summed E-state index contributed by atoms with van der Waals surface area (Å²) in [7, 11) is -3.43. The van der Waals surface area contributed by atoms with E-state index in [2.05, 4.69) is 10.3 Å². The van der Waals surface area contributed by atoms with Crippen LogP contribution in [0.3, 0.4) is 0 Å². The quantitative estimate of drug-likeness (QED) is 0.863. The number of carbonyl (C=O) groups is 1. The Morgan fingerprint density at radius 1 is 1.24 bits per heavy atom. The first kappa shape index (κ1) is 18.0. The number of pyridine rings is 1. The van der Waals surface area contributed by atoms with Crippen molar-refractivity contribution in [2.24, 2.45) is 5.92 Å². The Labute approximate surface area is 151 Å². The normalized spacial score (nSPS) is 16.7. The molecule has 1 aliphatic heterocycles. The molecule has 2 aromatic heterocycles. The van der Waals surface area contributed by atoms with Gasteiger partial charge in [0.15, 0.2) is 0 Å². The topological polar surface area (TPSA) is 79.4 Å². The number of aromatic nitrogens is 1. The molecule has 0 spiro atoms. The minimum Gasteiger partial charge on any atom is -0.352 e. The van der Waals surface area contributed by atoms with Crippen molar-refractivity contribution in [3.8, 4) is 0 Å². The molecule has 3 rings (SSSR count). The van der Waals surface area contributed by atoms with Crippen LogP contribution in [0, 0.1) is 12.8 Å². The van der Waals surface area contributed by atoms with E-state index < -0.39 is 10.0 Å². The molecule has 1 aliphatic rings. The van der Waals surface area contributed by atoms with Gasteiger partial charge >= 0.3 is 0 Å². The van der Waals surface area contributed by atoms with E-state index in [9.17, 15) is 13.2 Å². The summed E-state index contributed by atoms with van der Waals surface area (Å²) < 4.78 is 27.1. The summed E-state index contributed by atoms with van der Waals surface area (Å²) in [5.41, 5.74) is 0.997. The maximum atomic E-state index is 12.6. The van der Waals surface area contributed by atoms with E-state index in [1.54, 1.807) is 18.5 Å². The number of nitrogens with one attached hydrogen (secondary N) is 1. The van der Waals surface area contributed by atoms with Gasteiger partial charge in [0, 0.05) is 42.8 Å². The van der Waals surface area contributed by atoms with Gasteiger partial charge in [-0.3, -0.25) is 9.78 Å². The molecule has 2 aromatic rings. The smallest absolute Gasteiger partial charge is 0.252 e. The second-order valence-electron chi connectivity index (χ2n) is 6.12. The van der Waals surface area contributed by atoms with E-state index in [4.69, 9.17) is 0 Å². The summed E-state index contributed by atoms with van der Waals surface area (Å²) in [5.74, 6) is -0.154. The zero-order chi connectivity index (χ0) is 17.9. The molecule has 8 heteroatoms. The molecule has 1 saturated heterocycles. The van der Waals surface area contributed by atoms with Gasteiger partial charge in [-0.1, -0.05) is 0 Å². The van der Waals surface area contributed by atoms with Crippen LogP contribution in [0.5, 0.6) is 0 Å². The fourth-order valence-electron chi connectivity index (χ4n) is 2.87. The van der Waals surface area contributed by atoms with Gasteiger partial charge in [-0.15, -0.1) is 11.3 Å². The molecule has 6 nitrogen and oxygen atoms in total. The van der Waals surface area contributed by atoms with Crippen molar-refractivity contribution in [3.05, 3.63) is 47.1 Å². The average Bonchev–Trinajstić information content (AvgIpc) is 3.08. The lowest BCUT2D eigenvalue weighted by Crippen LogP contribution is -2.42. The fraction of sp³-hybridized carbons (Fsp3) is 0.412. The van der Waals surface area contributed by atoms with Gasteiger partial charge in [-0.25, -0.2) is 8.42 Å². The number of sulfonamides is 1. The van der Waals surface area contributed by atoms with Crippen LogP contribution < -0.4 is 5.32 Å². The van der Waals surface area contributed by atoms with Gasteiger partial charge < -0.3 is 5.32 Å². The highest BCUT2D eigenvalue weighted by Crippen LogP contribution is 2.28. The Kier molecular flexibility index (Phi) is 5.51. The van der Waals surface area contributed by atoms with Crippen molar-refractivity contribution in [1.82, 2.24) is 14.6 Å². The highest BCUT2D eigenvalue weighted by molar-refractivity contribution is 7.91. The van der Waals surface area contributed by atoms with Crippen LogP contribution in [-0.2, 0) is 21.4 Å². The number of amides is 1. The van der Waals surface area contributed by atoms with E-state index >= 15 is 0 Å². The number of aryl methyl sites for hydroxylation is 1. The first-order valence-electron chi connectivity index (χ1n) is 8.20. The average molecular weight is 380 g/mol. The SMILES string of the molecule is Cc1ccc(S(=O)(=O)N2CCC(C(=O)NCc3ccncc3)CC2)s1. The molecule has 3 heterocycles.